The van der Waals surface area contributed by atoms with Gasteiger partial charge in [0.2, 0.25) is 0 Å². The second-order valence-electron chi connectivity index (χ2n) is 4.51. The zero-order valence-electron chi connectivity index (χ0n) is 8.44. The van der Waals surface area contributed by atoms with Crippen molar-refractivity contribution in [2.75, 3.05) is 0 Å². The summed E-state index contributed by atoms with van der Waals surface area (Å²) in [6.45, 7) is 4.22. The summed E-state index contributed by atoms with van der Waals surface area (Å²) < 4.78 is 5.90. The van der Waals surface area contributed by atoms with E-state index in [9.17, 15) is 0 Å². The molecule has 2 aliphatic rings. The van der Waals surface area contributed by atoms with Crippen LogP contribution in [0.3, 0.4) is 0 Å². The van der Waals surface area contributed by atoms with Crippen molar-refractivity contribution in [2.24, 2.45) is 0 Å². The fraction of sp³-hybridized carbons (Fsp3) is 0.636. The molecule has 0 saturated carbocycles. The van der Waals surface area contributed by atoms with Crippen LogP contribution in [0.1, 0.15) is 33.1 Å². The molecule has 0 aromatic carbocycles. The van der Waals surface area contributed by atoms with Crippen LogP contribution in [0, 0.1) is 0 Å². The highest BCUT2D eigenvalue weighted by atomic mass is 79.9. The summed E-state index contributed by atoms with van der Waals surface area (Å²) in [5.41, 5.74) is 1.20. The molecule has 1 aliphatic heterocycles. The summed E-state index contributed by atoms with van der Waals surface area (Å²) in [6, 6.07) is 0. The first-order valence-electron chi connectivity index (χ1n) is 4.91. The van der Waals surface area contributed by atoms with E-state index in [1.54, 1.807) is 0 Å². The first-order chi connectivity index (χ1) is 6.48. The van der Waals surface area contributed by atoms with Gasteiger partial charge in [-0.25, -0.2) is 0 Å². The second kappa shape index (κ2) is 3.57. The molecular formula is C11H14BrClO. The van der Waals surface area contributed by atoms with Gasteiger partial charge in [-0.2, -0.15) is 0 Å². The lowest BCUT2D eigenvalue weighted by molar-refractivity contribution is 0.0137. The van der Waals surface area contributed by atoms with Gasteiger partial charge in [-0.1, -0.05) is 33.6 Å². The van der Waals surface area contributed by atoms with Crippen LogP contribution >= 0.6 is 27.5 Å². The van der Waals surface area contributed by atoms with Gasteiger partial charge < -0.3 is 4.74 Å². The van der Waals surface area contributed by atoms with Crippen molar-refractivity contribution >= 4 is 27.5 Å². The van der Waals surface area contributed by atoms with E-state index in [0.29, 0.717) is 4.83 Å². The molecule has 2 rings (SSSR count). The molecule has 1 atom stereocenters. The fourth-order valence-electron chi connectivity index (χ4n) is 1.87. The van der Waals surface area contributed by atoms with E-state index in [2.05, 4.69) is 35.9 Å². The van der Waals surface area contributed by atoms with E-state index in [1.165, 1.54) is 5.57 Å². The number of halogens is 2. The Morgan fingerprint density at radius 3 is 3.00 bits per heavy atom. The molecule has 1 nitrogen and oxygen atoms in total. The summed E-state index contributed by atoms with van der Waals surface area (Å²) >= 11 is 9.76. The van der Waals surface area contributed by atoms with Gasteiger partial charge in [-0.05, 0) is 32.3 Å². The molecule has 3 heteroatoms. The highest BCUT2D eigenvalue weighted by molar-refractivity contribution is 9.09. The lowest BCUT2D eigenvalue weighted by Gasteiger charge is -2.36. The largest absolute Gasteiger partial charge is 0.486 e. The molecule has 0 spiro atoms. The average molecular weight is 278 g/mol. The number of allylic oxidation sites excluding steroid dienone is 3. The van der Waals surface area contributed by atoms with Gasteiger partial charge in [0.05, 0.1) is 5.03 Å². The fourth-order valence-corrected chi connectivity index (χ4v) is 3.03. The van der Waals surface area contributed by atoms with Gasteiger partial charge >= 0.3 is 0 Å². The summed E-state index contributed by atoms with van der Waals surface area (Å²) in [5, 5.41) is 0.858. The van der Waals surface area contributed by atoms with Crippen LogP contribution in [0.2, 0.25) is 0 Å². The third kappa shape index (κ3) is 2.01. The van der Waals surface area contributed by atoms with Gasteiger partial charge in [-0.3, -0.25) is 0 Å². The van der Waals surface area contributed by atoms with E-state index < -0.39 is 0 Å². The monoisotopic (exact) mass is 276 g/mol. The molecule has 0 radical (unpaired) electrons. The van der Waals surface area contributed by atoms with Crippen molar-refractivity contribution in [3.63, 3.8) is 0 Å². The minimum Gasteiger partial charge on any atom is -0.486 e. The number of rotatable bonds is 0. The Balaban J connectivity index is 2.30. The molecule has 0 N–H and O–H groups in total. The Morgan fingerprint density at radius 2 is 2.29 bits per heavy atom. The Labute approximate surface area is 98.3 Å². The number of fused-ring (bicyclic) bond motifs is 1. The SMILES string of the molecule is CC1(C)CCC2=CC(Br)CC(Cl)=C2O1. The highest BCUT2D eigenvalue weighted by Crippen LogP contribution is 2.41. The summed E-state index contributed by atoms with van der Waals surface area (Å²) in [7, 11) is 0. The summed E-state index contributed by atoms with van der Waals surface area (Å²) in [4.78, 5) is 0.374. The van der Waals surface area contributed by atoms with Crippen LogP contribution in [0.5, 0.6) is 0 Å². The molecule has 1 unspecified atom stereocenters. The highest BCUT2D eigenvalue weighted by Gasteiger charge is 2.32. The molecule has 1 aliphatic carbocycles. The molecule has 1 saturated heterocycles. The van der Waals surface area contributed by atoms with E-state index >= 15 is 0 Å². The number of hydrogen-bond donors (Lipinski definition) is 0. The Hall–Kier alpha value is 0.0500. The minimum absolute atomic E-state index is 0.0635. The quantitative estimate of drug-likeness (QED) is 0.605. The molecule has 78 valence electrons. The Kier molecular flexibility index (Phi) is 2.69. The van der Waals surface area contributed by atoms with Gasteiger partial charge in [0.15, 0.2) is 0 Å². The van der Waals surface area contributed by atoms with Gasteiger partial charge in [0.25, 0.3) is 0 Å². The average Bonchev–Trinajstić information content (AvgIpc) is 2.06. The van der Waals surface area contributed by atoms with E-state index in [1.807, 2.05) is 0 Å². The standard InChI is InChI=1S/C11H14BrClO/c1-11(2)4-3-7-5-8(12)6-9(13)10(7)14-11/h5,8H,3-4,6H2,1-2H3. The minimum atomic E-state index is -0.0635. The van der Waals surface area contributed by atoms with E-state index in [-0.39, 0.29) is 5.60 Å². The van der Waals surface area contributed by atoms with Crippen molar-refractivity contribution in [1.82, 2.24) is 0 Å². The molecular weight excluding hydrogens is 263 g/mol. The van der Waals surface area contributed by atoms with Crippen LogP contribution in [-0.4, -0.2) is 10.4 Å². The molecule has 0 aromatic heterocycles. The second-order valence-corrected chi connectivity index (χ2v) is 6.14. The van der Waals surface area contributed by atoms with Crippen molar-refractivity contribution in [3.8, 4) is 0 Å². The van der Waals surface area contributed by atoms with Crippen LogP contribution < -0.4 is 0 Å². The number of alkyl halides is 1. The smallest absolute Gasteiger partial charge is 0.137 e. The Bertz CT molecular complexity index is 317. The third-order valence-corrected chi connectivity index (χ3v) is 3.58. The normalized spacial score (nSPS) is 30.6. The molecule has 14 heavy (non-hydrogen) atoms. The number of hydrogen-bond acceptors (Lipinski definition) is 1. The predicted molar refractivity (Wildman–Crippen MR) is 62.7 cm³/mol. The first-order valence-corrected chi connectivity index (χ1v) is 6.20. The summed E-state index contributed by atoms with van der Waals surface area (Å²) in [6.07, 6.45) is 5.19. The maximum absolute atomic E-state index is 6.20. The zero-order chi connectivity index (χ0) is 10.3. The van der Waals surface area contributed by atoms with Crippen LogP contribution in [0.15, 0.2) is 22.4 Å². The third-order valence-electron chi connectivity index (χ3n) is 2.67. The van der Waals surface area contributed by atoms with E-state index in [4.69, 9.17) is 16.3 Å². The van der Waals surface area contributed by atoms with Gasteiger partial charge in [0.1, 0.15) is 11.4 Å². The maximum Gasteiger partial charge on any atom is 0.137 e. The topological polar surface area (TPSA) is 9.23 Å². The predicted octanol–water partition coefficient (Wildman–Crippen LogP) is 4.12. The van der Waals surface area contributed by atoms with Crippen molar-refractivity contribution in [2.45, 2.75) is 43.5 Å². The van der Waals surface area contributed by atoms with Crippen molar-refractivity contribution in [3.05, 3.63) is 22.4 Å². The molecule has 1 fully saturated rings. The van der Waals surface area contributed by atoms with Crippen molar-refractivity contribution in [1.29, 1.82) is 0 Å². The lowest BCUT2D eigenvalue weighted by atomic mass is 9.90. The van der Waals surface area contributed by atoms with E-state index in [0.717, 1.165) is 30.1 Å². The summed E-state index contributed by atoms with van der Waals surface area (Å²) in [5.74, 6) is 0.929. The molecule has 0 amide bonds. The first kappa shape index (κ1) is 10.6. The molecule has 0 aromatic rings. The van der Waals surface area contributed by atoms with Gasteiger partial charge in [-0.15, -0.1) is 0 Å². The molecule has 0 bridgehead atoms. The molecule has 1 heterocycles. The van der Waals surface area contributed by atoms with Crippen LogP contribution in [-0.2, 0) is 4.74 Å². The number of ether oxygens (including phenoxy) is 1. The van der Waals surface area contributed by atoms with Crippen LogP contribution in [0.25, 0.3) is 0 Å². The van der Waals surface area contributed by atoms with Gasteiger partial charge in [0, 0.05) is 11.2 Å². The maximum atomic E-state index is 6.20. The Morgan fingerprint density at radius 1 is 1.57 bits per heavy atom. The van der Waals surface area contributed by atoms with Crippen LogP contribution in [0.4, 0.5) is 0 Å². The van der Waals surface area contributed by atoms with Crippen molar-refractivity contribution < 1.29 is 4.74 Å². The zero-order valence-corrected chi connectivity index (χ0v) is 10.8. The lowest BCUT2D eigenvalue weighted by Crippen LogP contribution is -2.30.